The van der Waals surface area contributed by atoms with E-state index in [1.54, 1.807) is 13.8 Å². The van der Waals surface area contributed by atoms with Crippen LogP contribution in [0, 0.1) is 13.8 Å². The van der Waals surface area contributed by atoms with Crippen LogP contribution in [-0.4, -0.2) is 24.5 Å². The lowest BCUT2D eigenvalue weighted by Crippen LogP contribution is -2.38. The van der Waals surface area contributed by atoms with Gasteiger partial charge in [0.25, 0.3) is 0 Å². The summed E-state index contributed by atoms with van der Waals surface area (Å²) in [7, 11) is -3.35. The molecule has 1 unspecified atom stereocenters. The molecular formula is C13H19BrO3S. The Labute approximate surface area is 117 Å². The maximum Gasteiger partial charge on any atom is 0.155 e. The monoisotopic (exact) mass is 334 g/mol. The molecular weight excluding hydrogens is 316 g/mol. The molecule has 3 nitrogen and oxygen atoms in total. The highest BCUT2D eigenvalue weighted by Crippen LogP contribution is 2.35. The van der Waals surface area contributed by atoms with E-state index in [9.17, 15) is 13.5 Å². The minimum Gasteiger partial charge on any atom is -0.387 e. The number of halogens is 1. The maximum absolute atomic E-state index is 11.8. The molecule has 0 amide bonds. The van der Waals surface area contributed by atoms with Gasteiger partial charge in [-0.05, 0) is 50.5 Å². The molecule has 1 rings (SSSR count). The van der Waals surface area contributed by atoms with E-state index in [1.807, 2.05) is 26.0 Å². The van der Waals surface area contributed by atoms with Gasteiger partial charge in [-0.2, -0.15) is 0 Å². The van der Waals surface area contributed by atoms with Crippen LogP contribution in [-0.2, 0) is 9.84 Å². The summed E-state index contributed by atoms with van der Waals surface area (Å²) in [5.74, 6) is 0. The Bertz CT molecular complexity index is 562. The predicted molar refractivity (Wildman–Crippen MR) is 77.5 cm³/mol. The van der Waals surface area contributed by atoms with Crippen LogP contribution in [0.25, 0.3) is 0 Å². The minimum absolute atomic E-state index is 0.658. The van der Waals surface area contributed by atoms with Crippen LogP contribution in [0.2, 0.25) is 0 Å². The fraction of sp³-hybridized carbons (Fsp3) is 0.538. The van der Waals surface area contributed by atoms with Gasteiger partial charge in [0.15, 0.2) is 9.84 Å². The standard InChI is InChI=1S/C13H19BrO3S/c1-8-7-11(14)9(2)6-10(8)12(15)13(3,4)18(5,16)17/h6-7,12,15H,1-5H3. The van der Waals surface area contributed by atoms with Crippen LogP contribution in [0.4, 0.5) is 0 Å². The lowest BCUT2D eigenvalue weighted by atomic mass is 9.93. The number of aliphatic hydroxyl groups is 1. The maximum atomic E-state index is 11.8. The number of benzene rings is 1. The second kappa shape index (κ2) is 4.94. The molecule has 5 heteroatoms. The molecule has 0 aliphatic heterocycles. The van der Waals surface area contributed by atoms with E-state index in [0.29, 0.717) is 5.56 Å². The van der Waals surface area contributed by atoms with Crippen molar-refractivity contribution in [1.82, 2.24) is 0 Å². The van der Waals surface area contributed by atoms with Gasteiger partial charge in [-0.1, -0.05) is 22.0 Å². The SMILES string of the molecule is Cc1cc(C(O)C(C)(C)S(C)(=O)=O)c(C)cc1Br. The summed E-state index contributed by atoms with van der Waals surface area (Å²) in [4.78, 5) is 0. The van der Waals surface area contributed by atoms with Crippen molar-refractivity contribution in [2.75, 3.05) is 6.26 Å². The molecule has 0 aromatic heterocycles. The molecule has 0 radical (unpaired) electrons. The van der Waals surface area contributed by atoms with E-state index in [4.69, 9.17) is 0 Å². The average Bonchev–Trinajstić information content (AvgIpc) is 2.20. The molecule has 102 valence electrons. The van der Waals surface area contributed by atoms with Gasteiger partial charge in [0.2, 0.25) is 0 Å². The zero-order chi connectivity index (χ0) is 14.3. The van der Waals surface area contributed by atoms with Crippen molar-refractivity contribution in [3.05, 3.63) is 33.3 Å². The van der Waals surface area contributed by atoms with E-state index in [1.165, 1.54) is 0 Å². The van der Waals surface area contributed by atoms with E-state index < -0.39 is 20.7 Å². The Morgan fingerprint density at radius 1 is 1.22 bits per heavy atom. The van der Waals surface area contributed by atoms with Crippen LogP contribution in [0.3, 0.4) is 0 Å². The fourth-order valence-electron chi connectivity index (χ4n) is 1.68. The Balaban J connectivity index is 3.36. The minimum atomic E-state index is -3.35. The van der Waals surface area contributed by atoms with Crippen molar-refractivity contribution in [2.24, 2.45) is 0 Å². The molecule has 0 saturated carbocycles. The highest BCUT2D eigenvalue weighted by molar-refractivity contribution is 9.10. The second-order valence-corrected chi connectivity index (χ2v) is 8.69. The molecule has 0 heterocycles. The highest BCUT2D eigenvalue weighted by atomic mass is 79.9. The lowest BCUT2D eigenvalue weighted by Gasteiger charge is -2.30. The second-order valence-electron chi connectivity index (χ2n) is 5.24. The Morgan fingerprint density at radius 2 is 1.72 bits per heavy atom. The Kier molecular flexibility index (Phi) is 4.30. The Hall–Kier alpha value is -0.390. The molecule has 18 heavy (non-hydrogen) atoms. The first kappa shape index (κ1) is 15.7. The lowest BCUT2D eigenvalue weighted by molar-refractivity contribution is 0.138. The fourth-order valence-corrected chi connectivity index (χ4v) is 2.67. The highest BCUT2D eigenvalue weighted by Gasteiger charge is 2.39. The van der Waals surface area contributed by atoms with Gasteiger partial charge in [0, 0.05) is 10.7 Å². The van der Waals surface area contributed by atoms with E-state index in [0.717, 1.165) is 21.9 Å². The first-order valence-corrected chi connectivity index (χ1v) is 8.31. The van der Waals surface area contributed by atoms with Gasteiger partial charge in [0.05, 0.1) is 10.9 Å². The van der Waals surface area contributed by atoms with Crippen LogP contribution >= 0.6 is 15.9 Å². The van der Waals surface area contributed by atoms with Gasteiger partial charge >= 0.3 is 0 Å². The van der Waals surface area contributed by atoms with E-state index in [2.05, 4.69) is 15.9 Å². The molecule has 0 fully saturated rings. The van der Waals surface area contributed by atoms with Crippen molar-refractivity contribution < 1.29 is 13.5 Å². The summed E-state index contributed by atoms with van der Waals surface area (Å²) in [5.41, 5.74) is 2.50. The van der Waals surface area contributed by atoms with Gasteiger partial charge in [0.1, 0.15) is 0 Å². The van der Waals surface area contributed by atoms with Crippen LogP contribution in [0.1, 0.15) is 36.6 Å². The number of aryl methyl sites for hydroxylation is 2. The largest absolute Gasteiger partial charge is 0.387 e. The molecule has 0 aliphatic rings. The number of hydrogen-bond donors (Lipinski definition) is 1. The summed E-state index contributed by atoms with van der Waals surface area (Å²) in [6.07, 6.45) is 0.108. The normalized spacial score (nSPS) is 14.6. The zero-order valence-corrected chi connectivity index (χ0v) is 13.7. The number of sulfone groups is 1. The third-order valence-corrected chi connectivity index (χ3v) is 6.44. The van der Waals surface area contributed by atoms with Crippen LogP contribution < -0.4 is 0 Å². The van der Waals surface area contributed by atoms with E-state index >= 15 is 0 Å². The molecule has 0 saturated heterocycles. The molecule has 1 atom stereocenters. The topological polar surface area (TPSA) is 54.4 Å². The summed E-state index contributed by atoms with van der Waals surface area (Å²) < 4.78 is 23.3. The summed E-state index contributed by atoms with van der Waals surface area (Å²) in [5, 5.41) is 10.4. The number of aliphatic hydroxyl groups excluding tert-OH is 1. The smallest absolute Gasteiger partial charge is 0.155 e. The van der Waals surface area contributed by atoms with Gasteiger partial charge < -0.3 is 5.11 Å². The van der Waals surface area contributed by atoms with Crippen molar-refractivity contribution in [1.29, 1.82) is 0 Å². The van der Waals surface area contributed by atoms with Crippen LogP contribution in [0.5, 0.6) is 0 Å². The van der Waals surface area contributed by atoms with Gasteiger partial charge in [-0.15, -0.1) is 0 Å². The van der Waals surface area contributed by atoms with Crippen molar-refractivity contribution in [3.8, 4) is 0 Å². The van der Waals surface area contributed by atoms with E-state index in [-0.39, 0.29) is 0 Å². The summed E-state index contributed by atoms with van der Waals surface area (Å²) in [6.45, 7) is 6.86. The van der Waals surface area contributed by atoms with Crippen molar-refractivity contribution in [3.63, 3.8) is 0 Å². The molecule has 1 N–H and O–H groups in total. The molecule has 0 aliphatic carbocycles. The van der Waals surface area contributed by atoms with Crippen molar-refractivity contribution >= 4 is 25.8 Å². The Morgan fingerprint density at radius 3 is 2.17 bits per heavy atom. The van der Waals surface area contributed by atoms with Gasteiger partial charge in [-0.3, -0.25) is 0 Å². The quantitative estimate of drug-likeness (QED) is 0.924. The summed E-state index contributed by atoms with van der Waals surface area (Å²) >= 11 is 3.42. The molecule has 0 bridgehead atoms. The number of hydrogen-bond acceptors (Lipinski definition) is 3. The molecule has 1 aromatic carbocycles. The molecule has 1 aromatic rings. The first-order chi connectivity index (χ1) is 7.98. The third-order valence-electron chi connectivity index (χ3n) is 3.46. The third kappa shape index (κ3) is 2.78. The number of rotatable bonds is 3. The van der Waals surface area contributed by atoms with Crippen LogP contribution in [0.15, 0.2) is 16.6 Å². The zero-order valence-electron chi connectivity index (χ0n) is 11.3. The summed E-state index contributed by atoms with van der Waals surface area (Å²) in [6, 6.07) is 3.73. The molecule has 0 spiro atoms. The van der Waals surface area contributed by atoms with Crippen molar-refractivity contribution in [2.45, 2.75) is 38.5 Å². The van der Waals surface area contributed by atoms with Gasteiger partial charge in [-0.25, -0.2) is 8.42 Å². The average molecular weight is 335 g/mol. The predicted octanol–water partition coefficient (Wildman–Crippen LogP) is 2.92. The first-order valence-electron chi connectivity index (χ1n) is 5.62.